The Labute approximate surface area is 93.2 Å². The number of hydrogen-bond acceptors (Lipinski definition) is 1. The number of rotatable bonds is 1. The fourth-order valence-electron chi connectivity index (χ4n) is 0.857. The molecule has 0 heterocycles. The van der Waals surface area contributed by atoms with Gasteiger partial charge in [-0.15, -0.1) is 0 Å². The Hall–Kier alpha value is -0.300. The van der Waals surface area contributed by atoms with E-state index in [0.29, 0.717) is 10.0 Å². The lowest BCUT2D eigenvalue weighted by Gasteiger charge is -2.05. The Bertz CT molecular complexity index is 360. The highest BCUT2D eigenvalue weighted by molar-refractivity contribution is 9.10. The molecule has 1 nitrogen and oxygen atoms in total. The van der Waals surface area contributed by atoms with Crippen molar-refractivity contribution >= 4 is 39.1 Å². The molecule has 0 aliphatic carbocycles. The molecule has 1 aromatic rings. The third-order valence-corrected chi connectivity index (χ3v) is 3.15. The van der Waals surface area contributed by atoms with Crippen molar-refractivity contribution in [2.24, 2.45) is 0 Å². The lowest BCUT2D eigenvalue weighted by molar-refractivity contribution is 0.625. The van der Waals surface area contributed by atoms with Crippen LogP contribution in [0.4, 0.5) is 4.39 Å². The summed E-state index contributed by atoms with van der Waals surface area (Å²) in [7, 11) is 0. The average Bonchev–Trinajstić information content (AvgIpc) is 2.09. The van der Waals surface area contributed by atoms with E-state index in [1.807, 2.05) is 6.07 Å². The normalized spacial score (nSPS) is 9.77. The molecule has 0 spiro atoms. The molecule has 0 aliphatic heterocycles. The summed E-state index contributed by atoms with van der Waals surface area (Å²) < 4.78 is 13.4. The summed E-state index contributed by atoms with van der Waals surface area (Å²) >= 11 is 14.5. The number of nitrogens with zero attached hydrogens (tertiary/aromatic N) is 1. The topological polar surface area (TPSA) is 23.8 Å². The van der Waals surface area contributed by atoms with E-state index in [-0.39, 0.29) is 16.5 Å². The summed E-state index contributed by atoms with van der Waals surface area (Å²) in [5.41, 5.74) is 0.317. The van der Waals surface area contributed by atoms with Gasteiger partial charge >= 0.3 is 0 Å². The van der Waals surface area contributed by atoms with Crippen molar-refractivity contribution in [3.8, 4) is 6.07 Å². The van der Waals surface area contributed by atoms with Gasteiger partial charge in [-0.2, -0.15) is 5.26 Å². The molecule has 1 rings (SSSR count). The molecule has 0 atom stereocenters. The second-order valence-electron chi connectivity index (χ2n) is 2.28. The molecule has 1 aromatic carbocycles. The molecule has 0 bridgehead atoms. The zero-order chi connectivity index (χ0) is 10.0. The van der Waals surface area contributed by atoms with Crippen LogP contribution in [0.5, 0.6) is 0 Å². The first-order valence-electron chi connectivity index (χ1n) is 3.26. The molecule has 0 N–H and O–H groups in total. The smallest absolute Gasteiger partial charge is 0.143 e. The van der Waals surface area contributed by atoms with Crippen molar-refractivity contribution in [1.29, 1.82) is 5.26 Å². The minimum Gasteiger partial charge on any atom is -0.205 e. The van der Waals surface area contributed by atoms with Crippen molar-refractivity contribution in [3.63, 3.8) is 0 Å². The van der Waals surface area contributed by atoms with Gasteiger partial charge in [-0.25, -0.2) is 4.39 Å². The van der Waals surface area contributed by atoms with E-state index in [4.69, 9.17) is 28.5 Å². The fourth-order valence-corrected chi connectivity index (χ4v) is 1.78. The van der Waals surface area contributed by atoms with Crippen LogP contribution in [-0.4, -0.2) is 0 Å². The summed E-state index contributed by atoms with van der Waals surface area (Å²) in [6.45, 7) is 0. The molecule has 5 heteroatoms. The van der Waals surface area contributed by atoms with Crippen molar-refractivity contribution in [2.75, 3.05) is 0 Å². The van der Waals surface area contributed by atoms with E-state index < -0.39 is 5.82 Å². The maximum atomic E-state index is 13.0. The molecule has 0 aliphatic rings. The third-order valence-electron chi connectivity index (χ3n) is 1.46. The number of nitriles is 1. The number of hydrogen-bond donors (Lipinski definition) is 0. The van der Waals surface area contributed by atoms with Crippen LogP contribution in [0.1, 0.15) is 5.56 Å². The predicted molar refractivity (Wildman–Crippen MR) is 53.4 cm³/mol. The predicted octanol–water partition coefficient (Wildman–Crippen LogP) is 3.96. The highest BCUT2D eigenvalue weighted by Crippen LogP contribution is 2.34. The molecule has 0 amide bonds. The number of benzene rings is 1. The summed E-state index contributed by atoms with van der Waals surface area (Å²) in [6.07, 6.45) is -0.00593. The van der Waals surface area contributed by atoms with Crippen LogP contribution in [0.2, 0.25) is 10.0 Å². The Morgan fingerprint density at radius 1 is 1.46 bits per heavy atom. The Balaban J connectivity index is 3.39. The van der Waals surface area contributed by atoms with Crippen LogP contribution in [0.25, 0.3) is 0 Å². The summed E-state index contributed by atoms with van der Waals surface area (Å²) in [5, 5.41) is 8.64. The van der Waals surface area contributed by atoms with Crippen LogP contribution >= 0.6 is 39.1 Å². The van der Waals surface area contributed by atoms with Gasteiger partial charge in [-0.1, -0.05) is 23.2 Å². The summed E-state index contributed by atoms with van der Waals surface area (Å²) in [4.78, 5) is 0. The van der Waals surface area contributed by atoms with Crippen molar-refractivity contribution in [2.45, 2.75) is 6.42 Å². The van der Waals surface area contributed by atoms with Gasteiger partial charge < -0.3 is 0 Å². The van der Waals surface area contributed by atoms with E-state index in [0.717, 1.165) is 0 Å². The molecular formula is C8H3BrCl2FN. The monoisotopic (exact) mass is 281 g/mol. The van der Waals surface area contributed by atoms with Crippen LogP contribution in [0, 0.1) is 17.1 Å². The van der Waals surface area contributed by atoms with Gasteiger partial charge in [0.15, 0.2) is 0 Å². The molecule has 13 heavy (non-hydrogen) atoms. The van der Waals surface area contributed by atoms with Crippen LogP contribution in [0.15, 0.2) is 10.5 Å². The van der Waals surface area contributed by atoms with Gasteiger partial charge in [0.05, 0.1) is 22.5 Å². The van der Waals surface area contributed by atoms with Gasteiger partial charge in [-0.05, 0) is 22.0 Å². The van der Waals surface area contributed by atoms with E-state index in [1.165, 1.54) is 6.07 Å². The summed E-state index contributed by atoms with van der Waals surface area (Å²) in [6, 6.07) is 3.04. The molecule has 0 saturated heterocycles. The van der Waals surface area contributed by atoms with Crippen LogP contribution in [-0.2, 0) is 6.42 Å². The molecule has 0 aromatic heterocycles. The highest BCUT2D eigenvalue weighted by atomic mass is 79.9. The minimum atomic E-state index is -0.580. The largest absolute Gasteiger partial charge is 0.205 e. The summed E-state index contributed by atoms with van der Waals surface area (Å²) in [5.74, 6) is -0.580. The lowest BCUT2D eigenvalue weighted by Crippen LogP contribution is -1.90. The van der Waals surface area contributed by atoms with E-state index in [9.17, 15) is 4.39 Å². The fraction of sp³-hybridized carbons (Fsp3) is 0.125. The molecule has 0 saturated carbocycles. The zero-order valence-corrected chi connectivity index (χ0v) is 9.34. The molecule has 0 fully saturated rings. The van der Waals surface area contributed by atoms with E-state index in [2.05, 4.69) is 15.9 Å². The third kappa shape index (κ3) is 2.14. The van der Waals surface area contributed by atoms with Crippen LogP contribution in [0.3, 0.4) is 0 Å². The zero-order valence-electron chi connectivity index (χ0n) is 6.24. The second-order valence-corrected chi connectivity index (χ2v) is 3.89. The first kappa shape index (κ1) is 10.8. The van der Waals surface area contributed by atoms with E-state index >= 15 is 0 Å². The quantitative estimate of drug-likeness (QED) is 0.715. The molecule has 0 unspecified atom stereocenters. The maximum Gasteiger partial charge on any atom is 0.143 e. The van der Waals surface area contributed by atoms with Gasteiger partial charge in [0, 0.05) is 10.0 Å². The Kier molecular flexibility index (Phi) is 3.55. The van der Waals surface area contributed by atoms with E-state index in [1.54, 1.807) is 0 Å². The molecule has 68 valence electrons. The average molecular weight is 283 g/mol. The number of halogens is 4. The van der Waals surface area contributed by atoms with Gasteiger partial charge in [-0.3, -0.25) is 0 Å². The Morgan fingerprint density at radius 3 is 2.62 bits per heavy atom. The minimum absolute atomic E-state index is 0.00593. The van der Waals surface area contributed by atoms with Crippen molar-refractivity contribution in [1.82, 2.24) is 0 Å². The highest BCUT2D eigenvalue weighted by Gasteiger charge is 2.13. The van der Waals surface area contributed by atoms with Gasteiger partial charge in [0.2, 0.25) is 0 Å². The van der Waals surface area contributed by atoms with Crippen molar-refractivity contribution in [3.05, 3.63) is 32.0 Å². The van der Waals surface area contributed by atoms with Gasteiger partial charge in [0.25, 0.3) is 0 Å². The maximum absolute atomic E-state index is 13.0. The van der Waals surface area contributed by atoms with Crippen molar-refractivity contribution < 1.29 is 4.39 Å². The SMILES string of the molecule is N#CCc1c(Cl)c(F)cc(Br)c1Cl. The van der Waals surface area contributed by atoms with Crippen LogP contribution < -0.4 is 0 Å². The van der Waals surface area contributed by atoms with Gasteiger partial charge in [0.1, 0.15) is 5.82 Å². The first-order valence-corrected chi connectivity index (χ1v) is 4.81. The Morgan fingerprint density at radius 2 is 2.08 bits per heavy atom. The molecular weight excluding hydrogens is 280 g/mol. The lowest BCUT2D eigenvalue weighted by atomic mass is 10.1. The molecule has 0 radical (unpaired) electrons. The first-order chi connectivity index (χ1) is 6.07. The second kappa shape index (κ2) is 4.28. The standard InChI is InChI=1S/C8H3BrCl2FN/c9-5-3-6(12)8(11)4(1-2-13)7(5)10/h3H,1H2.